The number of likely N-dealkylation sites (tertiary alicyclic amines) is 1. The van der Waals surface area contributed by atoms with E-state index in [1.165, 1.54) is 12.8 Å². The van der Waals surface area contributed by atoms with E-state index >= 15 is 0 Å². The highest BCUT2D eigenvalue weighted by Crippen LogP contribution is 2.07. The molecule has 19 heavy (non-hydrogen) atoms. The minimum absolute atomic E-state index is 0.247. The molecule has 1 fully saturated rings. The lowest BCUT2D eigenvalue weighted by Gasteiger charge is -2.21. The maximum absolute atomic E-state index is 11.8. The number of likely N-dealkylation sites (N-methyl/N-ethyl adjacent to an activating group) is 1. The minimum atomic E-state index is -0.247. The average molecular weight is 262 g/mol. The van der Waals surface area contributed by atoms with Gasteiger partial charge < -0.3 is 14.5 Å². The molecule has 0 N–H and O–H groups in total. The van der Waals surface area contributed by atoms with Gasteiger partial charge in [-0.3, -0.25) is 0 Å². The van der Waals surface area contributed by atoms with Gasteiger partial charge in [-0.05, 0) is 31.5 Å². The lowest BCUT2D eigenvalue weighted by Crippen LogP contribution is -2.35. The van der Waals surface area contributed by atoms with Crippen LogP contribution in [0, 0.1) is 0 Å². The van der Waals surface area contributed by atoms with Crippen LogP contribution in [0.15, 0.2) is 30.3 Å². The Morgan fingerprint density at radius 1 is 1.26 bits per heavy atom. The normalized spacial score (nSPS) is 15.4. The molecule has 0 spiro atoms. The standard InChI is InChI=1S/C15H22N2O2/c1-16(11-12-17-9-5-6-10-17)15(18)19-13-14-7-3-2-4-8-14/h2-4,7-8H,5-6,9-13H2,1H3. The van der Waals surface area contributed by atoms with Crippen LogP contribution >= 0.6 is 0 Å². The van der Waals surface area contributed by atoms with E-state index in [-0.39, 0.29) is 6.09 Å². The summed E-state index contributed by atoms with van der Waals surface area (Å²) in [6, 6.07) is 9.75. The second kappa shape index (κ2) is 7.14. The quantitative estimate of drug-likeness (QED) is 0.816. The highest BCUT2D eigenvalue weighted by Gasteiger charge is 2.14. The number of carbonyl (C=O) groups excluding carboxylic acids is 1. The SMILES string of the molecule is CN(CCN1CCCC1)C(=O)OCc1ccccc1. The molecule has 104 valence electrons. The van der Waals surface area contributed by atoms with E-state index in [0.29, 0.717) is 6.61 Å². The van der Waals surface area contributed by atoms with Gasteiger partial charge in [0.1, 0.15) is 6.61 Å². The zero-order valence-electron chi connectivity index (χ0n) is 11.5. The summed E-state index contributed by atoms with van der Waals surface area (Å²) in [5.41, 5.74) is 1.02. The van der Waals surface area contributed by atoms with Gasteiger partial charge in [0, 0.05) is 20.1 Å². The first-order valence-electron chi connectivity index (χ1n) is 6.90. The Bertz CT molecular complexity index is 388. The molecule has 1 aromatic carbocycles. The first-order valence-corrected chi connectivity index (χ1v) is 6.90. The topological polar surface area (TPSA) is 32.8 Å². The van der Waals surface area contributed by atoms with Crippen LogP contribution in [0.3, 0.4) is 0 Å². The van der Waals surface area contributed by atoms with Crippen molar-refractivity contribution in [3.05, 3.63) is 35.9 Å². The molecule has 4 nitrogen and oxygen atoms in total. The summed E-state index contributed by atoms with van der Waals surface area (Å²) in [7, 11) is 1.80. The zero-order valence-corrected chi connectivity index (χ0v) is 11.5. The van der Waals surface area contributed by atoms with Gasteiger partial charge in [0.2, 0.25) is 0 Å². The van der Waals surface area contributed by atoms with Gasteiger partial charge in [-0.25, -0.2) is 4.79 Å². The Balaban J connectivity index is 1.67. The van der Waals surface area contributed by atoms with Gasteiger partial charge in [0.05, 0.1) is 0 Å². The zero-order chi connectivity index (χ0) is 13.5. The van der Waals surface area contributed by atoms with Gasteiger partial charge in [-0.1, -0.05) is 30.3 Å². The highest BCUT2D eigenvalue weighted by atomic mass is 16.6. The van der Waals surface area contributed by atoms with E-state index in [0.717, 1.165) is 31.7 Å². The minimum Gasteiger partial charge on any atom is -0.445 e. The Morgan fingerprint density at radius 2 is 1.95 bits per heavy atom. The Morgan fingerprint density at radius 3 is 2.63 bits per heavy atom. The molecule has 0 unspecified atom stereocenters. The first kappa shape index (κ1) is 13.9. The van der Waals surface area contributed by atoms with Crippen LogP contribution in [-0.4, -0.2) is 49.1 Å². The Labute approximate surface area is 115 Å². The summed E-state index contributed by atoms with van der Waals surface area (Å²) >= 11 is 0. The molecule has 4 heteroatoms. The summed E-state index contributed by atoms with van der Waals surface area (Å²) in [4.78, 5) is 15.9. The number of carbonyl (C=O) groups is 1. The molecular weight excluding hydrogens is 240 g/mol. The molecule has 1 amide bonds. The van der Waals surface area contributed by atoms with Crippen molar-refractivity contribution in [2.45, 2.75) is 19.4 Å². The van der Waals surface area contributed by atoms with Gasteiger partial charge >= 0.3 is 6.09 Å². The maximum Gasteiger partial charge on any atom is 0.409 e. The first-order chi connectivity index (χ1) is 9.25. The van der Waals surface area contributed by atoms with Crippen LogP contribution in [0.1, 0.15) is 18.4 Å². The summed E-state index contributed by atoms with van der Waals surface area (Å²) in [6.45, 7) is 4.33. The Kier molecular flexibility index (Phi) is 5.21. The third kappa shape index (κ3) is 4.56. The van der Waals surface area contributed by atoms with Crippen LogP contribution in [0.5, 0.6) is 0 Å². The molecule has 0 radical (unpaired) electrons. The fourth-order valence-electron chi connectivity index (χ4n) is 2.22. The average Bonchev–Trinajstić information content (AvgIpc) is 2.96. The number of rotatable bonds is 5. The number of ether oxygens (including phenoxy) is 1. The van der Waals surface area contributed by atoms with Crippen molar-refractivity contribution >= 4 is 6.09 Å². The third-order valence-electron chi connectivity index (χ3n) is 3.47. The Hall–Kier alpha value is -1.55. The number of nitrogens with zero attached hydrogens (tertiary/aromatic N) is 2. The second-order valence-electron chi connectivity index (χ2n) is 5.01. The van der Waals surface area contributed by atoms with E-state index in [1.807, 2.05) is 30.3 Å². The van der Waals surface area contributed by atoms with Crippen molar-refractivity contribution in [1.82, 2.24) is 9.80 Å². The lowest BCUT2D eigenvalue weighted by molar-refractivity contribution is 0.101. The van der Waals surface area contributed by atoms with Crippen LogP contribution in [-0.2, 0) is 11.3 Å². The molecular formula is C15H22N2O2. The van der Waals surface area contributed by atoms with Gasteiger partial charge in [0.15, 0.2) is 0 Å². The van der Waals surface area contributed by atoms with E-state index < -0.39 is 0 Å². The summed E-state index contributed by atoms with van der Waals surface area (Å²) in [6.07, 6.45) is 2.31. The van der Waals surface area contributed by atoms with E-state index in [4.69, 9.17) is 4.74 Å². The van der Waals surface area contributed by atoms with Gasteiger partial charge in [-0.15, -0.1) is 0 Å². The van der Waals surface area contributed by atoms with Crippen LogP contribution in [0.25, 0.3) is 0 Å². The number of benzene rings is 1. The molecule has 0 atom stereocenters. The largest absolute Gasteiger partial charge is 0.445 e. The van der Waals surface area contributed by atoms with Crippen molar-refractivity contribution < 1.29 is 9.53 Å². The molecule has 1 aromatic rings. The summed E-state index contributed by atoms with van der Waals surface area (Å²) < 4.78 is 5.27. The predicted octanol–water partition coefficient (Wildman–Crippen LogP) is 2.35. The van der Waals surface area contributed by atoms with Crippen molar-refractivity contribution in [1.29, 1.82) is 0 Å². The fourth-order valence-corrected chi connectivity index (χ4v) is 2.22. The molecule has 1 aliphatic heterocycles. The number of hydrogen-bond acceptors (Lipinski definition) is 3. The maximum atomic E-state index is 11.8. The van der Waals surface area contributed by atoms with Gasteiger partial charge in [0.25, 0.3) is 0 Å². The van der Waals surface area contributed by atoms with Crippen molar-refractivity contribution in [2.24, 2.45) is 0 Å². The van der Waals surface area contributed by atoms with Crippen LogP contribution in [0.2, 0.25) is 0 Å². The van der Waals surface area contributed by atoms with Crippen molar-refractivity contribution in [3.63, 3.8) is 0 Å². The van der Waals surface area contributed by atoms with Crippen LogP contribution in [0.4, 0.5) is 4.79 Å². The summed E-state index contributed by atoms with van der Waals surface area (Å²) in [5.74, 6) is 0. The number of hydrogen-bond donors (Lipinski definition) is 0. The third-order valence-corrected chi connectivity index (χ3v) is 3.47. The molecule has 1 aliphatic rings. The van der Waals surface area contributed by atoms with Gasteiger partial charge in [-0.2, -0.15) is 0 Å². The molecule has 0 bridgehead atoms. The number of amides is 1. The van der Waals surface area contributed by atoms with E-state index in [9.17, 15) is 4.79 Å². The smallest absolute Gasteiger partial charge is 0.409 e. The fraction of sp³-hybridized carbons (Fsp3) is 0.533. The summed E-state index contributed by atoms with van der Waals surface area (Å²) in [5, 5.41) is 0. The van der Waals surface area contributed by atoms with Crippen molar-refractivity contribution in [3.8, 4) is 0 Å². The molecule has 1 saturated heterocycles. The molecule has 1 heterocycles. The monoisotopic (exact) mass is 262 g/mol. The van der Waals surface area contributed by atoms with E-state index in [1.54, 1.807) is 11.9 Å². The second-order valence-corrected chi connectivity index (χ2v) is 5.01. The molecule has 0 aliphatic carbocycles. The van der Waals surface area contributed by atoms with E-state index in [2.05, 4.69) is 4.90 Å². The predicted molar refractivity (Wildman–Crippen MR) is 74.9 cm³/mol. The molecule has 0 aromatic heterocycles. The molecule has 0 saturated carbocycles. The van der Waals surface area contributed by atoms with Crippen molar-refractivity contribution in [2.75, 3.05) is 33.2 Å². The highest BCUT2D eigenvalue weighted by molar-refractivity contribution is 5.67. The van der Waals surface area contributed by atoms with Crippen LogP contribution < -0.4 is 0 Å². The lowest BCUT2D eigenvalue weighted by atomic mass is 10.2. The molecule has 2 rings (SSSR count).